The highest BCUT2D eigenvalue weighted by atomic mass is 32.1. The van der Waals surface area contributed by atoms with E-state index in [-0.39, 0.29) is 5.56 Å². The Balaban J connectivity index is 2.08. The number of hydrogen-bond donors (Lipinski definition) is 0. The number of benzene rings is 2. The molecule has 0 aliphatic carbocycles. The fourth-order valence-corrected chi connectivity index (χ4v) is 2.92. The van der Waals surface area contributed by atoms with E-state index in [1.165, 1.54) is 17.4 Å². The Morgan fingerprint density at radius 2 is 1.79 bits per heavy atom. The number of fused-ring (bicyclic) bond motifs is 1. The van der Waals surface area contributed by atoms with Crippen LogP contribution in [-0.4, -0.2) is 5.78 Å². The third kappa shape index (κ3) is 2.15. The number of halogens is 2. The van der Waals surface area contributed by atoms with Crippen LogP contribution in [0.5, 0.6) is 0 Å². The van der Waals surface area contributed by atoms with E-state index in [0.29, 0.717) is 4.88 Å². The van der Waals surface area contributed by atoms with Crippen molar-refractivity contribution >= 4 is 27.2 Å². The van der Waals surface area contributed by atoms with E-state index in [2.05, 4.69) is 0 Å². The maximum atomic E-state index is 13.6. The molecule has 0 fully saturated rings. The zero-order valence-corrected chi connectivity index (χ0v) is 10.5. The lowest BCUT2D eigenvalue weighted by Gasteiger charge is -1.99. The summed E-state index contributed by atoms with van der Waals surface area (Å²) in [6.45, 7) is 0. The van der Waals surface area contributed by atoms with Crippen molar-refractivity contribution < 1.29 is 13.6 Å². The summed E-state index contributed by atoms with van der Waals surface area (Å²) < 4.78 is 27.4. The highest BCUT2D eigenvalue weighted by Crippen LogP contribution is 2.27. The molecule has 0 unspecified atom stereocenters. The SMILES string of the molecule is O=C(c1cc2ccccc2s1)c1ccc(F)cc1F. The number of carbonyl (C=O) groups is 1. The molecule has 0 atom stereocenters. The molecule has 0 spiro atoms. The third-order valence-electron chi connectivity index (χ3n) is 2.83. The van der Waals surface area contributed by atoms with Crippen molar-refractivity contribution in [3.8, 4) is 0 Å². The average Bonchev–Trinajstić information content (AvgIpc) is 2.81. The topological polar surface area (TPSA) is 17.1 Å². The van der Waals surface area contributed by atoms with Gasteiger partial charge in [0.15, 0.2) is 0 Å². The third-order valence-corrected chi connectivity index (χ3v) is 3.94. The van der Waals surface area contributed by atoms with E-state index in [4.69, 9.17) is 0 Å². The van der Waals surface area contributed by atoms with Crippen molar-refractivity contribution in [2.75, 3.05) is 0 Å². The number of rotatable bonds is 2. The first-order valence-electron chi connectivity index (χ1n) is 5.63. The minimum Gasteiger partial charge on any atom is -0.288 e. The fraction of sp³-hybridized carbons (Fsp3) is 0. The van der Waals surface area contributed by atoms with Crippen LogP contribution in [0.4, 0.5) is 8.78 Å². The van der Waals surface area contributed by atoms with Crippen molar-refractivity contribution in [1.29, 1.82) is 0 Å². The van der Waals surface area contributed by atoms with Gasteiger partial charge in [-0.05, 0) is 29.7 Å². The molecule has 94 valence electrons. The largest absolute Gasteiger partial charge is 0.288 e. The monoisotopic (exact) mass is 274 g/mol. The first kappa shape index (κ1) is 12.0. The number of carbonyl (C=O) groups excluding carboxylic acids is 1. The second-order valence-electron chi connectivity index (χ2n) is 4.10. The van der Waals surface area contributed by atoms with Gasteiger partial charge in [-0.15, -0.1) is 11.3 Å². The standard InChI is InChI=1S/C15H8F2OS/c16-10-5-6-11(12(17)8-10)15(18)14-7-9-3-1-2-4-13(9)19-14/h1-8H. The molecule has 0 aliphatic heterocycles. The number of thiophene rings is 1. The summed E-state index contributed by atoms with van der Waals surface area (Å²) in [6.07, 6.45) is 0. The molecule has 0 amide bonds. The molecule has 0 aliphatic rings. The summed E-state index contributed by atoms with van der Waals surface area (Å²) in [4.78, 5) is 12.6. The normalized spacial score (nSPS) is 10.8. The number of hydrogen-bond acceptors (Lipinski definition) is 2. The van der Waals surface area contributed by atoms with Gasteiger partial charge in [0.2, 0.25) is 5.78 Å². The van der Waals surface area contributed by atoms with E-state index in [1.54, 1.807) is 6.07 Å². The van der Waals surface area contributed by atoms with Gasteiger partial charge in [-0.1, -0.05) is 18.2 Å². The highest BCUT2D eigenvalue weighted by molar-refractivity contribution is 7.21. The lowest BCUT2D eigenvalue weighted by Crippen LogP contribution is -2.02. The van der Waals surface area contributed by atoms with Gasteiger partial charge in [0.05, 0.1) is 10.4 Å². The van der Waals surface area contributed by atoms with Crippen molar-refractivity contribution in [3.63, 3.8) is 0 Å². The van der Waals surface area contributed by atoms with Crippen molar-refractivity contribution in [2.45, 2.75) is 0 Å². The van der Waals surface area contributed by atoms with Crippen LogP contribution in [0.2, 0.25) is 0 Å². The van der Waals surface area contributed by atoms with Crippen LogP contribution in [0.1, 0.15) is 15.2 Å². The predicted molar refractivity (Wildman–Crippen MR) is 71.6 cm³/mol. The van der Waals surface area contributed by atoms with Gasteiger partial charge in [-0.25, -0.2) is 8.78 Å². The van der Waals surface area contributed by atoms with Gasteiger partial charge in [-0.3, -0.25) is 4.79 Å². The molecule has 0 saturated carbocycles. The molecule has 1 nitrogen and oxygen atoms in total. The first-order chi connectivity index (χ1) is 9.15. The molecule has 1 heterocycles. The zero-order chi connectivity index (χ0) is 13.4. The van der Waals surface area contributed by atoms with E-state index in [9.17, 15) is 13.6 Å². The van der Waals surface area contributed by atoms with Crippen LogP contribution in [0, 0.1) is 11.6 Å². The molecular weight excluding hydrogens is 266 g/mol. The lowest BCUT2D eigenvalue weighted by atomic mass is 10.1. The van der Waals surface area contributed by atoms with Gasteiger partial charge in [0.1, 0.15) is 11.6 Å². The summed E-state index contributed by atoms with van der Waals surface area (Å²) in [7, 11) is 0. The maximum Gasteiger partial charge on any atom is 0.205 e. The molecule has 19 heavy (non-hydrogen) atoms. The minimum atomic E-state index is -0.831. The Bertz CT molecular complexity index is 744. The van der Waals surface area contributed by atoms with Crippen molar-refractivity contribution in [2.24, 2.45) is 0 Å². The van der Waals surface area contributed by atoms with Crippen LogP contribution < -0.4 is 0 Å². The second-order valence-corrected chi connectivity index (χ2v) is 5.19. The van der Waals surface area contributed by atoms with Gasteiger partial charge < -0.3 is 0 Å². The summed E-state index contributed by atoms with van der Waals surface area (Å²) in [6, 6.07) is 12.3. The van der Waals surface area contributed by atoms with Crippen LogP contribution in [-0.2, 0) is 0 Å². The minimum absolute atomic E-state index is 0.104. The van der Waals surface area contributed by atoms with Crippen molar-refractivity contribution in [1.82, 2.24) is 0 Å². The van der Waals surface area contributed by atoms with Crippen LogP contribution in [0.15, 0.2) is 48.5 Å². The lowest BCUT2D eigenvalue weighted by molar-refractivity contribution is 0.103. The Hall–Kier alpha value is -2.07. The molecule has 1 aromatic heterocycles. The Labute approximate surface area is 112 Å². The van der Waals surface area contributed by atoms with Gasteiger partial charge >= 0.3 is 0 Å². The Morgan fingerprint density at radius 3 is 2.53 bits per heavy atom. The van der Waals surface area contributed by atoms with Crippen LogP contribution >= 0.6 is 11.3 Å². The van der Waals surface area contributed by atoms with Gasteiger partial charge in [0, 0.05) is 10.8 Å². The highest BCUT2D eigenvalue weighted by Gasteiger charge is 2.16. The summed E-state index contributed by atoms with van der Waals surface area (Å²) in [5.74, 6) is -1.94. The molecule has 4 heteroatoms. The van der Waals surface area contributed by atoms with E-state index in [1.807, 2.05) is 24.3 Å². The zero-order valence-electron chi connectivity index (χ0n) is 9.69. The molecule has 3 aromatic rings. The molecule has 0 N–H and O–H groups in total. The average molecular weight is 274 g/mol. The molecule has 2 aromatic carbocycles. The smallest absolute Gasteiger partial charge is 0.205 e. The van der Waals surface area contributed by atoms with E-state index >= 15 is 0 Å². The van der Waals surface area contributed by atoms with Crippen molar-refractivity contribution in [3.05, 3.63) is 70.6 Å². The summed E-state index contributed by atoms with van der Waals surface area (Å²) >= 11 is 1.30. The molecule has 0 bridgehead atoms. The molecular formula is C15H8F2OS. The van der Waals surface area contributed by atoms with Gasteiger partial charge in [0.25, 0.3) is 0 Å². The predicted octanol–water partition coefficient (Wildman–Crippen LogP) is 4.41. The Morgan fingerprint density at radius 1 is 1.00 bits per heavy atom. The molecule has 0 saturated heterocycles. The molecule has 0 radical (unpaired) electrons. The van der Waals surface area contributed by atoms with E-state index < -0.39 is 17.4 Å². The fourth-order valence-electron chi connectivity index (χ4n) is 1.90. The summed E-state index contributed by atoms with van der Waals surface area (Å²) in [5.41, 5.74) is -0.104. The molecule has 3 rings (SSSR count). The Kier molecular flexibility index (Phi) is 2.87. The number of ketones is 1. The second kappa shape index (κ2) is 4.55. The van der Waals surface area contributed by atoms with E-state index in [0.717, 1.165) is 22.2 Å². The first-order valence-corrected chi connectivity index (χ1v) is 6.45. The van der Waals surface area contributed by atoms with Gasteiger partial charge in [-0.2, -0.15) is 0 Å². The van der Waals surface area contributed by atoms with Crippen LogP contribution in [0.3, 0.4) is 0 Å². The van der Waals surface area contributed by atoms with Crippen LogP contribution in [0.25, 0.3) is 10.1 Å². The summed E-state index contributed by atoms with van der Waals surface area (Å²) in [5, 5.41) is 0.943. The quantitative estimate of drug-likeness (QED) is 0.633. The maximum absolute atomic E-state index is 13.6.